The Kier molecular flexibility index (Phi) is 6.45. The molecule has 3 atom stereocenters. The molecule has 1 aromatic heterocycles. The average molecular weight is 299 g/mol. The number of β-amino-alcohol motifs (C(OH)–C–C–N with tert-alkyl or cyclic N) is 1. The molecule has 1 aliphatic heterocycles. The number of thiophene rings is 1. The first kappa shape index (κ1) is 15.9. The van der Waals surface area contributed by atoms with Crippen LogP contribution in [0.3, 0.4) is 0 Å². The van der Waals surface area contributed by atoms with Crippen LogP contribution in [0.2, 0.25) is 0 Å². The highest BCUT2D eigenvalue weighted by molar-refractivity contribution is 7.09. The highest BCUT2D eigenvalue weighted by Crippen LogP contribution is 2.19. The largest absolute Gasteiger partial charge is 0.393 e. The lowest BCUT2D eigenvalue weighted by atomic mass is 9.93. The highest BCUT2D eigenvalue weighted by atomic mass is 32.1. The molecule has 2 heterocycles. The first-order valence-corrected chi connectivity index (χ1v) is 8.21. The van der Waals surface area contributed by atoms with Crippen LogP contribution in [0.5, 0.6) is 0 Å². The number of hydrogen-bond donors (Lipinski definition) is 2. The molecule has 2 N–H and O–H groups in total. The van der Waals surface area contributed by atoms with Gasteiger partial charge in [-0.2, -0.15) is 0 Å². The maximum Gasteiger partial charge on any atom is 0.0900 e. The van der Waals surface area contributed by atoms with Gasteiger partial charge in [-0.25, -0.2) is 0 Å². The van der Waals surface area contributed by atoms with Gasteiger partial charge in [0.25, 0.3) is 0 Å². The lowest BCUT2D eigenvalue weighted by molar-refractivity contribution is -0.00591. The number of rotatable bonds is 7. The molecule has 114 valence electrons. The van der Waals surface area contributed by atoms with Gasteiger partial charge in [0, 0.05) is 18.0 Å². The number of likely N-dealkylation sites (tertiary alicyclic amines) is 1. The second kappa shape index (κ2) is 8.10. The van der Waals surface area contributed by atoms with Crippen LogP contribution in [0.25, 0.3) is 0 Å². The Bertz CT molecular complexity index is 369. The van der Waals surface area contributed by atoms with Crippen molar-refractivity contribution in [3.63, 3.8) is 0 Å². The van der Waals surface area contributed by atoms with E-state index in [1.807, 2.05) is 24.4 Å². The van der Waals surface area contributed by atoms with Crippen molar-refractivity contribution in [1.29, 1.82) is 0 Å². The van der Waals surface area contributed by atoms with E-state index in [-0.39, 0.29) is 6.10 Å². The number of nitrogens with zero attached hydrogens (tertiary/aromatic N) is 1. The molecule has 5 heteroatoms. The molecule has 0 saturated carbocycles. The third-order valence-corrected chi connectivity index (χ3v) is 4.68. The number of piperidine rings is 1. The second-order valence-electron chi connectivity index (χ2n) is 5.65. The molecule has 0 amide bonds. The van der Waals surface area contributed by atoms with E-state index in [1.165, 1.54) is 4.88 Å². The Hall–Kier alpha value is -0.460. The highest BCUT2D eigenvalue weighted by Gasteiger charge is 2.24. The van der Waals surface area contributed by atoms with Gasteiger partial charge in [-0.15, -0.1) is 11.3 Å². The van der Waals surface area contributed by atoms with Gasteiger partial charge in [0.1, 0.15) is 0 Å². The fraction of sp³-hybridized carbons (Fsp3) is 0.733. The molecule has 0 aliphatic carbocycles. The zero-order valence-corrected chi connectivity index (χ0v) is 12.9. The van der Waals surface area contributed by atoms with Crippen molar-refractivity contribution in [1.82, 2.24) is 4.90 Å². The zero-order chi connectivity index (χ0) is 14.4. The van der Waals surface area contributed by atoms with E-state index in [9.17, 15) is 10.2 Å². The molecule has 20 heavy (non-hydrogen) atoms. The minimum Gasteiger partial charge on any atom is -0.393 e. The van der Waals surface area contributed by atoms with E-state index in [4.69, 9.17) is 4.74 Å². The normalized spacial score (nSPS) is 23.6. The van der Waals surface area contributed by atoms with Crippen LogP contribution in [0, 0.1) is 5.92 Å². The molecule has 0 radical (unpaired) electrons. The van der Waals surface area contributed by atoms with E-state index in [0.717, 1.165) is 25.9 Å². The Balaban J connectivity index is 1.64. The predicted octanol–water partition coefficient (Wildman–Crippen LogP) is 1.72. The topological polar surface area (TPSA) is 52.9 Å². The lowest BCUT2D eigenvalue weighted by Gasteiger charge is -2.35. The van der Waals surface area contributed by atoms with Crippen LogP contribution >= 0.6 is 11.3 Å². The summed E-state index contributed by atoms with van der Waals surface area (Å²) >= 11 is 1.67. The van der Waals surface area contributed by atoms with Crippen molar-refractivity contribution in [2.24, 2.45) is 5.92 Å². The van der Waals surface area contributed by atoms with Gasteiger partial charge in [-0.3, -0.25) is 0 Å². The molecule has 1 saturated heterocycles. The lowest BCUT2D eigenvalue weighted by Crippen LogP contribution is -2.43. The van der Waals surface area contributed by atoms with Crippen molar-refractivity contribution < 1.29 is 14.9 Å². The molecule has 0 bridgehead atoms. The SMILES string of the molecule is CC(O)C1CCCN(CC(O)COCc2cccs2)C1. The summed E-state index contributed by atoms with van der Waals surface area (Å²) in [5, 5.41) is 21.7. The zero-order valence-electron chi connectivity index (χ0n) is 12.1. The van der Waals surface area contributed by atoms with E-state index < -0.39 is 6.10 Å². The third-order valence-electron chi connectivity index (χ3n) is 3.83. The van der Waals surface area contributed by atoms with Crippen molar-refractivity contribution in [3.05, 3.63) is 22.4 Å². The minimum atomic E-state index is -0.456. The van der Waals surface area contributed by atoms with Gasteiger partial charge in [0.2, 0.25) is 0 Å². The first-order chi connectivity index (χ1) is 9.65. The van der Waals surface area contributed by atoms with Crippen molar-refractivity contribution >= 4 is 11.3 Å². The van der Waals surface area contributed by atoms with E-state index in [1.54, 1.807) is 11.3 Å². The standard InChI is InChI=1S/C15H25NO3S/c1-12(17)13-4-2-6-16(8-13)9-14(18)10-19-11-15-5-3-7-20-15/h3,5,7,12-14,17-18H,2,4,6,8-11H2,1H3. The van der Waals surface area contributed by atoms with Crippen LogP contribution in [0.1, 0.15) is 24.6 Å². The minimum absolute atomic E-state index is 0.259. The molecule has 1 aromatic rings. The Morgan fingerprint density at radius 3 is 3.05 bits per heavy atom. The predicted molar refractivity (Wildman–Crippen MR) is 80.8 cm³/mol. The van der Waals surface area contributed by atoms with E-state index in [0.29, 0.717) is 25.7 Å². The molecular weight excluding hydrogens is 274 g/mol. The molecule has 4 nitrogen and oxygen atoms in total. The maximum absolute atomic E-state index is 10.0. The number of hydrogen-bond acceptors (Lipinski definition) is 5. The summed E-state index contributed by atoms with van der Waals surface area (Å²) < 4.78 is 5.54. The first-order valence-electron chi connectivity index (χ1n) is 7.33. The molecule has 0 spiro atoms. The number of ether oxygens (including phenoxy) is 1. The molecule has 2 rings (SSSR count). The monoisotopic (exact) mass is 299 g/mol. The summed E-state index contributed by atoms with van der Waals surface area (Å²) in [4.78, 5) is 3.42. The number of aliphatic hydroxyl groups excluding tert-OH is 2. The fourth-order valence-corrected chi connectivity index (χ4v) is 3.33. The van der Waals surface area contributed by atoms with Gasteiger partial charge >= 0.3 is 0 Å². The maximum atomic E-state index is 10.0. The summed E-state index contributed by atoms with van der Waals surface area (Å²) in [5.74, 6) is 0.336. The Morgan fingerprint density at radius 1 is 1.50 bits per heavy atom. The summed E-state index contributed by atoms with van der Waals surface area (Å²) in [7, 11) is 0. The molecule has 0 aromatic carbocycles. The van der Waals surface area contributed by atoms with Crippen LogP contribution in [0.4, 0.5) is 0 Å². The van der Waals surface area contributed by atoms with E-state index >= 15 is 0 Å². The quantitative estimate of drug-likeness (QED) is 0.805. The Labute approximate surface area is 125 Å². The fourth-order valence-electron chi connectivity index (χ4n) is 2.69. The van der Waals surface area contributed by atoms with Gasteiger partial charge < -0.3 is 19.8 Å². The van der Waals surface area contributed by atoms with Crippen LogP contribution in [0.15, 0.2) is 17.5 Å². The third kappa shape index (κ3) is 5.14. The van der Waals surface area contributed by atoms with Gasteiger partial charge in [-0.05, 0) is 43.7 Å². The van der Waals surface area contributed by atoms with Gasteiger partial charge in [-0.1, -0.05) is 6.07 Å². The Morgan fingerprint density at radius 2 is 2.35 bits per heavy atom. The van der Waals surface area contributed by atoms with Crippen LogP contribution < -0.4 is 0 Å². The van der Waals surface area contributed by atoms with E-state index in [2.05, 4.69) is 4.90 Å². The van der Waals surface area contributed by atoms with Crippen molar-refractivity contribution in [2.75, 3.05) is 26.2 Å². The van der Waals surface area contributed by atoms with Crippen LogP contribution in [-0.4, -0.2) is 53.6 Å². The molecule has 1 aliphatic rings. The average Bonchev–Trinajstić information content (AvgIpc) is 2.92. The summed E-state index contributed by atoms with van der Waals surface area (Å²) in [6.45, 7) is 5.31. The number of aliphatic hydroxyl groups is 2. The van der Waals surface area contributed by atoms with Crippen molar-refractivity contribution in [3.8, 4) is 0 Å². The smallest absolute Gasteiger partial charge is 0.0900 e. The summed E-state index contributed by atoms with van der Waals surface area (Å²) in [6.07, 6.45) is 1.46. The van der Waals surface area contributed by atoms with Gasteiger partial charge in [0.15, 0.2) is 0 Å². The second-order valence-corrected chi connectivity index (χ2v) is 6.68. The molecule has 3 unspecified atom stereocenters. The molecular formula is C15H25NO3S. The van der Waals surface area contributed by atoms with Crippen LogP contribution in [-0.2, 0) is 11.3 Å². The molecule has 1 fully saturated rings. The summed E-state index contributed by atoms with van der Waals surface area (Å²) in [6, 6.07) is 4.04. The van der Waals surface area contributed by atoms with Gasteiger partial charge in [0.05, 0.1) is 25.4 Å². The summed E-state index contributed by atoms with van der Waals surface area (Å²) in [5.41, 5.74) is 0. The van der Waals surface area contributed by atoms with Crippen molar-refractivity contribution in [2.45, 2.75) is 38.6 Å².